The Kier molecular flexibility index (Phi) is 6.32. The first-order valence-corrected chi connectivity index (χ1v) is 8.67. The van der Waals surface area contributed by atoms with Crippen LogP contribution in [0.1, 0.15) is 16.7 Å². The topological polar surface area (TPSA) is 36.4 Å². The van der Waals surface area contributed by atoms with E-state index in [0.29, 0.717) is 0 Å². The molecule has 1 N–H and O–H groups in total. The van der Waals surface area contributed by atoms with Crippen molar-refractivity contribution < 1.29 is 5.11 Å². The van der Waals surface area contributed by atoms with Crippen LogP contribution in [0.4, 0.5) is 0 Å². The van der Waals surface area contributed by atoms with E-state index in [4.69, 9.17) is 0 Å². The molecule has 0 saturated heterocycles. The monoisotopic (exact) mass is 332 g/mol. The van der Waals surface area contributed by atoms with Gasteiger partial charge in [0.05, 0.1) is 6.61 Å². The summed E-state index contributed by atoms with van der Waals surface area (Å²) in [6.07, 6.45) is 4.44. The highest BCUT2D eigenvalue weighted by Gasteiger charge is 2.19. The van der Waals surface area contributed by atoms with Crippen molar-refractivity contribution in [1.82, 2.24) is 9.88 Å². The first-order valence-electron chi connectivity index (χ1n) is 8.67. The SMILES string of the molecule is OC[C@H](Cc1cccnc1)N(Cc1ccccc1)Cc1ccccc1. The number of aliphatic hydroxyl groups excluding tert-OH is 1. The maximum Gasteiger partial charge on any atom is 0.0590 e. The Balaban J connectivity index is 1.80. The van der Waals surface area contributed by atoms with Crippen LogP contribution in [0.15, 0.2) is 85.2 Å². The second-order valence-electron chi connectivity index (χ2n) is 6.28. The Bertz CT molecular complexity index is 690. The Hall–Kier alpha value is -2.49. The van der Waals surface area contributed by atoms with E-state index in [1.54, 1.807) is 6.20 Å². The van der Waals surface area contributed by atoms with Gasteiger partial charge < -0.3 is 5.11 Å². The molecule has 0 bridgehead atoms. The van der Waals surface area contributed by atoms with Crippen molar-refractivity contribution >= 4 is 0 Å². The molecule has 2 aromatic carbocycles. The molecule has 3 heteroatoms. The number of rotatable bonds is 8. The van der Waals surface area contributed by atoms with Crippen LogP contribution < -0.4 is 0 Å². The summed E-state index contributed by atoms with van der Waals surface area (Å²) < 4.78 is 0. The minimum absolute atomic E-state index is 0.0459. The zero-order valence-electron chi connectivity index (χ0n) is 14.3. The molecule has 0 spiro atoms. The third kappa shape index (κ3) is 5.24. The molecule has 3 rings (SSSR count). The highest BCUT2D eigenvalue weighted by atomic mass is 16.3. The van der Waals surface area contributed by atoms with Crippen molar-refractivity contribution in [3.63, 3.8) is 0 Å². The van der Waals surface area contributed by atoms with Crippen LogP contribution in [0, 0.1) is 0 Å². The summed E-state index contributed by atoms with van der Waals surface area (Å²) in [7, 11) is 0. The Morgan fingerprint density at radius 3 is 1.80 bits per heavy atom. The average Bonchev–Trinajstić information content (AvgIpc) is 2.68. The van der Waals surface area contributed by atoms with E-state index >= 15 is 0 Å². The smallest absolute Gasteiger partial charge is 0.0590 e. The molecule has 3 nitrogen and oxygen atoms in total. The number of hydrogen-bond acceptors (Lipinski definition) is 3. The summed E-state index contributed by atoms with van der Waals surface area (Å²) in [5.74, 6) is 0. The van der Waals surface area contributed by atoms with Crippen LogP contribution in [0.25, 0.3) is 0 Å². The largest absolute Gasteiger partial charge is 0.395 e. The van der Waals surface area contributed by atoms with Gasteiger partial charge in [0.25, 0.3) is 0 Å². The van der Waals surface area contributed by atoms with Gasteiger partial charge in [0, 0.05) is 31.5 Å². The van der Waals surface area contributed by atoms with Gasteiger partial charge in [0.15, 0.2) is 0 Å². The fraction of sp³-hybridized carbons (Fsp3) is 0.227. The molecule has 3 aromatic rings. The van der Waals surface area contributed by atoms with Crippen LogP contribution in [0.3, 0.4) is 0 Å². The fourth-order valence-corrected chi connectivity index (χ4v) is 3.05. The molecular weight excluding hydrogens is 308 g/mol. The van der Waals surface area contributed by atoms with E-state index in [1.165, 1.54) is 11.1 Å². The lowest BCUT2D eigenvalue weighted by Crippen LogP contribution is -2.38. The van der Waals surface area contributed by atoms with Gasteiger partial charge in [-0.15, -0.1) is 0 Å². The van der Waals surface area contributed by atoms with E-state index in [-0.39, 0.29) is 12.6 Å². The van der Waals surface area contributed by atoms with Gasteiger partial charge in [-0.1, -0.05) is 66.7 Å². The molecule has 0 aliphatic carbocycles. The molecule has 0 aliphatic heterocycles. The third-order valence-corrected chi connectivity index (χ3v) is 4.38. The molecule has 1 aromatic heterocycles. The minimum atomic E-state index is 0.0459. The number of aliphatic hydroxyl groups is 1. The minimum Gasteiger partial charge on any atom is -0.395 e. The fourth-order valence-electron chi connectivity index (χ4n) is 3.05. The van der Waals surface area contributed by atoms with Crippen molar-refractivity contribution in [2.75, 3.05) is 6.61 Å². The first-order chi connectivity index (χ1) is 12.3. The summed E-state index contributed by atoms with van der Waals surface area (Å²) in [6.45, 7) is 1.73. The second kappa shape index (κ2) is 9.11. The van der Waals surface area contributed by atoms with E-state index in [9.17, 15) is 5.11 Å². The maximum atomic E-state index is 10.1. The molecule has 0 unspecified atom stereocenters. The zero-order valence-corrected chi connectivity index (χ0v) is 14.3. The highest BCUT2D eigenvalue weighted by molar-refractivity contribution is 5.18. The molecule has 128 valence electrons. The predicted molar refractivity (Wildman–Crippen MR) is 101 cm³/mol. The van der Waals surface area contributed by atoms with E-state index in [2.05, 4.69) is 64.5 Å². The number of hydrogen-bond donors (Lipinski definition) is 1. The molecular formula is C22H24N2O. The Morgan fingerprint density at radius 1 is 0.760 bits per heavy atom. The summed E-state index contributed by atoms with van der Waals surface area (Å²) in [6, 6.07) is 24.9. The standard InChI is InChI=1S/C22H24N2O/c25-18-22(14-21-12-7-13-23-15-21)24(16-19-8-3-1-4-9-19)17-20-10-5-2-6-11-20/h1-13,15,22,25H,14,16-18H2/t22-/m0/s1. The Morgan fingerprint density at radius 2 is 1.32 bits per heavy atom. The lowest BCUT2D eigenvalue weighted by atomic mass is 10.0. The van der Waals surface area contributed by atoms with Gasteiger partial charge in [-0.25, -0.2) is 0 Å². The highest BCUT2D eigenvalue weighted by Crippen LogP contribution is 2.16. The van der Waals surface area contributed by atoms with Gasteiger partial charge in [-0.05, 0) is 29.2 Å². The summed E-state index contributed by atoms with van der Waals surface area (Å²) >= 11 is 0. The molecule has 0 amide bonds. The molecule has 25 heavy (non-hydrogen) atoms. The van der Waals surface area contributed by atoms with Gasteiger partial charge in [-0.2, -0.15) is 0 Å². The van der Waals surface area contributed by atoms with Crippen LogP contribution in [0.2, 0.25) is 0 Å². The van der Waals surface area contributed by atoms with Crippen molar-refractivity contribution in [1.29, 1.82) is 0 Å². The predicted octanol–water partition coefficient (Wildman–Crippen LogP) is 3.69. The first kappa shape index (κ1) is 17.3. The van der Waals surface area contributed by atoms with E-state index < -0.39 is 0 Å². The van der Waals surface area contributed by atoms with Crippen LogP contribution in [-0.2, 0) is 19.5 Å². The van der Waals surface area contributed by atoms with Crippen molar-refractivity contribution in [2.24, 2.45) is 0 Å². The number of aromatic nitrogens is 1. The molecule has 0 saturated carbocycles. The van der Waals surface area contributed by atoms with Crippen molar-refractivity contribution in [3.05, 3.63) is 102 Å². The van der Waals surface area contributed by atoms with Crippen molar-refractivity contribution in [2.45, 2.75) is 25.6 Å². The molecule has 1 heterocycles. The average molecular weight is 332 g/mol. The lowest BCUT2D eigenvalue weighted by Gasteiger charge is -2.31. The number of benzene rings is 2. The second-order valence-corrected chi connectivity index (χ2v) is 6.28. The van der Waals surface area contributed by atoms with Gasteiger partial charge in [0.1, 0.15) is 0 Å². The normalized spacial score (nSPS) is 12.2. The van der Waals surface area contributed by atoms with Gasteiger partial charge in [0.2, 0.25) is 0 Å². The molecule has 0 fully saturated rings. The molecule has 0 radical (unpaired) electrons. The summed E-state index contributed by atoms with van der Waals surface area (Å²) in [4.78, 5) is 6.54. The quantitative estimate of drug-likeness (QED) is 0.683. The molecule has 0 aliphatic rings. The van der Waals surface area contributed by atoms with Gasteiger partial charge in [-0.3, -0.25) is 9.88 Å². The van der Waals surface area contributed by atoms with Crippen LogP contribution in [0.5, 0.6) is 0 Å². The molecule has 1 atom stereocenters. The summed E-state index contributed by atoms with van der Waals surface area (Å²) in [5, 5.41) is 10.1. The van der Waals surface area contributed by atoms with Crippen LogP contribution in [-0.4, -0.2) is 27.6 Å². The summed E-state index contributed by atoms with van der Waals surface area (Å²) in [5.41, 5.74) is 3.65. The number of pyridine rings is 1. The van der Waals surface area contributed by atoms with Gasteiger partial charge >= 0.3 is 0 Å². The zero-order chi connectivity index (χ0) is 17.3. The van der Waals surface area contributed by atoms with Crippen molar-refractivity contribution in [3.8, 4) is 0 Å². The Labute approximate surface area is 149 Å². The number of nitrogens with zero attached hydrogens (tertiary/aromatic N) is 2. The third-order valence-electron chi connectivity index (χ3n) is 4.38. The maximum absolute atomic E-state index is 10.1. The van der Waals surface area contributed by atoms with Crippen LogP contribution >= 0.6 is 0 Å². The van der Waals surface area contributed by atoms with E-state index in [1.807, 2.05) is 24.4 Å². The van der Waals surface area contributed by atoms with E-state index in [0.717, 1.165) is 25.1 Å². The lowest BCUT2D eigenvalue weighted by molar-refractivity contribution is 0.109.